The number of hydrazine groups is 1. The van der Waals surface area contributed by atoms with Crippen LogP contribution in [0.25, 0.3) is 0 Å². The van der Waals surface area contributed by atoms with Gasteiger partial charge in [-0.15, -0.1) is 0 Å². The molecule has 3 aromatic rings. The molecule has 2 saturated carbocycles. The van der Waals surface area contributed by atoms with Crippen LogP contribution in [0.2, 0.25) is 10.0 Å². The molecule has 15 heteroatoms. The fourth-order valence-electron chi connectivity index (χ4n) is 6.43. The lowest BCUT2D eigenvalue weighted by Crippen LogP contribution is -2.52. The van der Waals surface area contributed by atoms with Gasteiger partial charge in [-0.2, -0.15) is 5.01 Å². The maximum Gasteiger partial charge on any atom is 0.345 e. The van der Waals surface area contributed by atoms with Crippen LogP contribution < -0.4 is 4.74 Å². The molecule has 0 spiro atoms. The van der Waals surface area contributed by atoms with Crippen LogP contribution in [0.15, 0.2) is 66.7 Å². The Morgan fingerprint density at radius 2 is 1.46 bits per heavy atom. The average molecular weight is 794 g/mol. The second-order valence-electron chi connectivity index (χ2n) is 11.1. The van der Waals surface area contributed by atoms with Gasteiger partial charge in [-0.05, 0) is 72.9 Å². The van der Waals surface area contributed by atoms with Gasteiger partial charge in [-0.1, -0.05) is 55.1 Å². The van der Waals surface area contributed by atoms with Crippen LogP contribution in [-0.2, 0) is 9.59 Å². The van der Waals surface area contributed by atoms with Gasteiger partial charge in [-0.3, -0.25) is 29.3 Å². The predicted octanol–water partition coefficient (Wildman–Crippen LogP) is 6.14. The number of imide groups is 1. The Hall–Kier alpha value is -3.65. The predicted molar refractivity (Wildman–Crippen MR) is 172 cm³/mol. The van der Waals surface area contributed by atoms with Gasteiger partial charge in [0.2, 0.25) is 0 Å². The van der Waals surface area contributed by atoms with Crippen molar-refractivity contribution in [3.05, 3.63) is 104 Å². The third-order valence-electron chi connectivity index (χ3n) is 8.60. The Balaban J connectivity index is 1.25. The highest BCUT2D eigenvalue weighted by molar-refractivity contribution is 9.12. The van der Waals surface area contributed by atoms with Crippen molar-refractivity contribution in [2.75, 3.05) is 6.54 Å². The van der Waals surface area contributed by atoms with Crippen molar-refractivity contribution in [1.82, 2.24) is 10.0 Å². The topological polar surface area (TPSA) is 144 Å². The Bertz CT molecular complexity index is 1770. The second-order valence-corrected chi connectivity index (χ2v) is 14.1. The number of Topliss-reactive ketones (excluding diaryl/α,β-unsaturated/α-hetero) is 1. The number of carbonyl (C=O) groups excluding carboxylic acids is 5. The van der Waals surface area contributed by atoms with Crippen molar-refractivity contribution in [3.63, 3.8) is 0 Å². The number of benzene rings is 3. The Morgan fingerprint density at radius 1 is 0.891 bits per heavy atom. The molecule has 2 bridgehead atoms. The van der Waals surface area contributed by atoms with Gasteiger partial charge in [0.25, 0.3) is 23.4 Å². The Morgan fingerprint density at radius 3 is 2.00 bits per heavy atom. The molecule has 0 radical (unpaired) electrons. The van der Waals surface area contributed by atoms with Crippen LogP contribution in [0, 0.1) is 33.8 Å². The highest BCUT2D eigenvalue weighted by Crippen LogP contribution is 2.60. The lowest BCUT2D eigenvalue weighted by Gasteiger charge is -2.30. The third kappa shape index (κ3) is 5.63. The van der Waals surface area contributed by atoms with Gasteiger partial charge in [0.1, 0.15) is 12.3 Å². The first-order valence-corrected chi connectivity index (χ1v) is 16.5. The molecule has 2 aliphatic carbocycles. The number of non-ortho nitro benzene ring substituents is 1. The number of nitro groups is 1. The first kappa shape index (κ1) is 32.3. The summed E-state index contributed by atoms with van der Waals surface area (Å²) in [5.74, 6) is -4.83. The number of fused-ring (bicyclic) bond motifs is 5. The summed E-state index contributed by atoms with van der Waals surface area (Å²) in [7, 11) is 0. The molecule has 1 aliphatic heterocycles. The molecule has 236 valence electrons. The van der Waals surface area contributed by atoms with Crippen molar-refractivity contribution in [2.45, 2.75) is 16.1 Å². The minimum atomic E-state index is -0.853. The van der Waals surface area contributed by atoms with E-state index in [1.807, 2.05) is 0 Å². The van der Waals surface area contributed by atoms with Crippen LogP contribution in [0.4, 0.5) is 5.69 Å². The summed E-state index contributed by atoms with van der Waals surface area (Å²) in [6.07, 6.45) is 0.670. The van der Waals surface area contributed by atoms with Crippen LogP contribution in [-0.4, -0.2) is 60.6 Å². The molecule has 1 heterocycles. The smallest absolute Gasteiger partial charge is 0.345 e. The van der Waals surface area contributed by atoms with E-state index in [1.165, 1.54) is 54.6 Å². The van der Waals surface area contributed by atoms with Crippen LogP contribution in [0.5, 0.6) is 5.75 Å². The van der Waals surface area contributed by atoms with E-state index in [0.29, 0.717) is 11.4 Å². The lowest BCUT2D eigenvalue weighted by atomic mass is 9.81. The van der Waals surface area contributed by atoms with Crippen LogP contribution in [0.1, 0.15) is 37.5 Å². The number of hydrogen-bond acceptors (Lipinski definition) is 8. The van der Waals surface area contributed by atoms with Crippen molar-refractivity contribution in [2.24, 2.45) is 23.7 Å². The van der Waals surface area contributed by atoms with Crippen molar-refractivity contribution >= 4 is 90.2 Å². The van der Waals surface area contributed by atoms with Gasteiger partial charge in [-0.25, -0.2) is 9.80 Å². The maximum absolute atomic E-state index is 13.8. The zero-order valence-corrected chi connectivity index (χ0v) is 28.0. The molecule has 0 N–H and O–H groups in total. The van der Waals surface area contributed by atoms with Crippen molar-refractivity contribution in [1.29, 1.82) is 0 Å². The molecular weight excluding hydrogens is 773 g/mol. The zero-order chi connectivity index (χ0) is 33.0. The van der Waals surface area contributed by atoms with Gasteiger partial charge in [0.15, 0.2) is 5.78 Å². The highest BCUT2D eigenvalue weighted by atomic mass is 79.9. The van der Waals surface area contributed by atoms with E-state index in [-0.39, 0.29) is 54.6 Å². The zero-order valence-electron chi connectivity index (χ0n) is 23.3. The number of esters is 1. The van der Waals surface area contributed by atoms with E-state index in [0.717, 1.165) is 22.2 Å². The number of halogens is 4. The monoisotopic (exact) mass is 791 g/mol. The summed E-state index contributed by atoms with van der Waals surface area (Å²) in [6, 6.07) is 14.4. The summed E-state index contributed by atoms with van der Waals surface area (Å²) >= 11 is 19.2. The first-order chi connectivity index (χ1) is 21.9. The molecule has 6 rings (SSSR count). The van der Waals surface area contributed by atoms with Gasteiger partial charge < -0.3 is 4.74 Å². The maximum atomic E-state index is 13.8. The van der Waals surface area contributed by atoms with Gasteiger partial charge >= 0.3 is 5.97 Å². The largest absolute Gasteiger partial charge is 0.423 e. The number of nitrogens with zero attached hydrogens (tertiary/aromatic N) is 3. The van der Waals surface area contributed by atoms with E-state index in [4.69, 9.17) is 27.9 Å². The normalized spacial score (nSPS) is 24.6. The standard InChI is InChI=1S/C31H21Br2Cl2N3O8/c32-26-20-12-21(27(26)33)25-24(20)29(41)37(30(25)42)36(28(40)15-1-6-17(7-2-15)38(44)45)13-23(39)14-3-8-18(9-4-14)46-31(43)19-10-5-16(34)11-22(19)35/h1-11,20-21,24-27H,12-13H2/t20-,21-,24-,25+,26+,27+/m1/s1. The van der Waals surface area contributed by atoms with Gasteiger partial charge in [0, 0.05) is 37.9 Å². The molecule has 3 amide bonds. The number of ketones is 1. The number of alkyl halides is 2. The fourth-order valence-corrected chi connectivity index (χ4v) is 8.79. The molecule has 0 unspecified atom stereocenters. The third-order valence-corrected chi connectivity index (χ3v) is 12.4. The van der Waals surface area contributed by atoms with Gasteiger partial charge in [0.05, 0.1) is 27.3 Å². The summed E-state index contributed by atoms with van der Waals surface area (Å²) < 4.78 is 5.36. The number of nitro benzene ring substituents is 1. The van der Waals surface area contributed by atoms with E-state index in [9.17, 15) is 34.1 Å². The van der Waals surface area contributed by atoms with Crippen molar-refractivity contribution in [3.8, 4) is 5.75 Å². The van der Waals surface area contributed by atoms with Crippen molar-refractivity contribution < 1.29 is 33.6 Å². The van der Waals surface area contributed by atoms with Crippen LogP contribution >= 0.6 is 55.1 Å². The molecule has 46 heavy (non-hydrogen) atoms. The minimum absolute atomic E-state index is 0.0424. The van der Waals surface area contributed by atoms with E-state index in [2.05, 4.69) is 31.9 Å². The van der Waals surface area contributed by atoms with Crippen LogP contribution in [0.3, 0.4) is 0 Å². The summed E-state index contributed by atoms with van der Waals surface area (Å²) in [5, 5.41) is 13.2. The Kier molecular flexibility index (Phi) is 8.79. The highest BCUT2D eigenvalue weighted by Gasteiger charge is 2.67. The number of ether oxygens (including phenoxy) is 1. The fraction of sp³-hybridized carbons (Fsp3) is 0.258. The minimum Gasteiger partial charge on any atom is -0.423 e. The van der Waals surface area contributed by atoms with E-state index >= 15 is 0 Å². The summed E-state index contributed by atoms with van der Waals surface area (Å²) in [6.45, 7) is -0.683. The number of rotatable bonds is 8. The lowest BCUT2D eigenvalue weighted by molar-refractivity contribution is -0.384. The Labute approximate surface area is 288 Å². The van der Waals surface area contributed by atoms with E-state index in [1.54, 1.807) is 0 Å². The summed E-state index contributed by atoms with van der Waals surface area (Å²) in [4.78, 5) is 78.0. The molecule has 6 atom stereocenters. The summed E-state index contributed by atoms with van der Waals surface area (Å²) in [5.41, 5.74) is -0.128. The molecule has 11 nitrogen and oxygen atoms in total. The molecule has 3 aliphatic rings. The average Bonchev–Trinajstić information content (AvgIpc) is 3.64. The second kappa shape index (κ2) is 12.5. The number of amides is 3. The molecule has 3 fully saturated rings. The first-order valence-electron chi connectivity index (χ1n) is 13.9. The molecule has 1 saturated heterocycles. The quantitative estimate of drug-likeness (QED) is 0.0504. The SMILES string of the molecule is O=C(CN(C(=O)c1ccc([N+](=O)[O-])cc1)N1C(=O)[C@@H]2[C@H]3C[C@@H]([C@H](Br)[C@H]3Br)[C@@H]2C1=O)c1ccc(OC(=O)c2ccc(Cl)cc2Cl)cc1. The molecule has 0 aromatic heterocycles. The molecular formula is C31H21Br2Cl2N3O8. The number of hydrogen-bond donors (Lipinski definition) is 0. The van der Waals surface area contributed by atoms with E-state index < -0.39 is 52.8 Å². The molecule has 3 aromatic carbocycles. The number of carbonyl (C=O) groups is 5.